The van der Waals surface area contributed by atoms with E-state index in [9.17, 15) is 29.3 Å². The van der Waals surface area contributed by atoms with Gasteiger partial charge >= 0.3 is 6.03 Å². The quantitative estimate of drug-likeness (QED) is 0.128. The number of benzene rings is 1. The molecule has 0 bridgehead atoms. The van der Waals surface area contributed by atoms with Gasteiger partial charge in [-0.15, -0.1) is 0 Å². The minimum Gasteiger partial charge on any atom is -0.638 e. The molecule has 1 aliphatic heterocycles. The summed E-state index contributed by atoms with van der Waals surface area (Å²) < 4.78 is 13.9. The summed E-state index contributed by atoms with van der Waals surface area (Å²) in [5, 5.41) is 23.3. The van der Waals surface area contributed by atoms with Crippen molar-refractivity contribution in [1.82, 2.24) is 9.91 Å². The topological polar surface area (TPSA) is 182 Å². The van der Waals surface area contributed by atoms with E-state index in [1.54, 1.807) is 24.3 Å². The predicted octanol–water partition coefficient (Wildman–Crippen LogP) is 1.10. The molecule has 15 heteroatoms. The number of nitro benzene ring substituents is 1. The van der Waals surface area contributed by atoms with Gasteiger partial charge in [0.05, 0.1) is 11.1 Å². The smallest absolute Gasteiger partial charge is 0.350 e. The maximum atomic E-state index is 12.1. The fourth-order valence-electron chi connectivity index (χ4n) is 2.38. The Labute approximate surface area is 223 Å². The molecule has 2 heterocycles. The Morgan fingerprint density at radius 1 is 1.23 bits per heavy atom. The summed E-state index contributed by atoms with van der Waals surface area (Å²) in [6, 6.07) is 8.28. The maximum absolute atomic E-state index is 12.1. The van der Waals surface area contributed by atoms with Crippen LogP contribution in [0.4, 0.5) is 10.5 Å². The molecule has 1 radical (unpaired) electrons. The van der Waals surface area contributed by atoms with Crippen LogP contribution in [0.15, 0.2) is 45.9 Å². The first-order valence-corrected chi connectivity index (χ1v) is 9.21. The third-order valence-electron chi connectivity index (χ3n) is 4.00. The zero-order chi connectivity index (χ0) is 25.3. The Bertz CT molecular complexity index is 1090. The molecule has 0 atom stereocenters. The van der Waals surface area contributed by atoms with Crippen molar-refractivity contribution in [3.05, 3.63) is 66.3 Å². The van der Waals surface area contributed by atoms with Gasteiger partial charge in [-0.3, -0.25) is 31.4 Å². The molecule has 3 amide bonds. The largest absolute Gasteiger partial charge is 0.638 e. The second kappa shape index (κ2) is 13.9. The van der Waals surface area contributed by atoms with Gasteiger partial charge in [0, 0.05) is 50.4 Å². The van der Waals surface area contributed by atoms with Crippen molar-refractivity contribution in [2.45, 2.75) is 0 Å². The Hall–Kier alpha value is -3.62. The van der Waals surface area contributed by atoms with Gasteiger partial charge in [0.1, 0.15) is 24.7 Å². The third kappa shape index (κ3) is 8.59. The average Bonchev–Trinajstić information content (AvgIpc) is 3.40. The number of rotatable bonds is 7. The summed E-state index contributed by atoms with van der Waals surface area (Å²) in [5.41, 5.74) is 0.585. The van der Waals surface area contributed by atoms with Crippen LogP contribution in [0, 0.1) is 24.1 Å². The first-order valence-electron chi connectivity index (χ1n) is 9.21. The number of non-ortho nitro benzene ring substituents is 1. The average molecular weight is 563 g/mol. The van der Waals surface area contributed by atoms with Crippen LogP contribution in [0.5, 0.6) is 0 Å². The monoisotopic (exact) mass is 563 g/mol. The van der Waals surface area contributed by atoms with Crippen molar-refractivity contribution in [1.29, 1.82) is 0 Å². The van der Waals surface area contributed by atoms with Gasteiger partial charge in [-0.1, -0.05) is 0 Å². The zero-order valence-electron chi connectivity index (χ0n) is 18.1. The number of nitrogens with zero attached hydrogens (tertiary/aromatic N) is 4. The van der Waals surface area contributed by atoms with Crippen molar-refractivity contribution in [3.8, 4) is 11.3 Å². The Morgan fingerprint density at radius 2 is 1.89 bits per heavy atom. The van der Waals surface area contributed by atoms with E-state index < -0.39 is 42.1 Å². The van der Waals surface area contributed by atoms with Gasteiger partial charge in [-0.2, -0.15) is 12.2 Å². The molecule has 0 unspecified atom stereocenters. The molecule has 0 saturated carbocycles. The van der Waals surface area contributed by atoms with E-state index in [1.807, 2.05) is 0 Å². The molecule has 0 aliphatic carbocycles. The van der Waals surface area contributed by atoms with E-state index in [1.165, 1.54) is 18.3 Å². The Kier molecular flexibility index (Phi) is 11.7. The van der Waals surface area contributed by atoms with Gasteiger partial charge < -0.3 is 19.0 Å². The Morgan fingerprint density at radius 3 is 2.40 bits per heavy atom. The van der Waals surface area contributed by atoms with Crippen molar-refractivity contribution in [2.75, 3.05) is 19.9 Å². The summed E-state index contributed by atoms with van der Waals surface area (Å²) in [5.74, 6) is -1.40. The first kappa shape index (κ1) is 29.4. The fourth-order valence-corrected chi connectivity index (χ4v) is 2.38. The van der Waals surface area contributed by atoms with E-state index in [0.29, 0.717) is 17.1 Å². The number of amides is 3. The zero-order valence-corrected chi connectivity index (χ0v) is 20.9. The predicted molar refractivity (Wildman–Crippen MR) is 112 cm³/mol. The van der Waals surface area contributed by atoms with Gasteiger partial charge in [0.2, 0.25) is 0 Å². The minimum atomic E-state index is -0.864. The number of imide groups is 1. The second-order valence-corrected chi connectivity index (χ2v) is 6.23. The SMILES string of the molecule is [CH2-]C(=O)OCN1C(=O)CN(/N=C/c2ccc(-c3ccc([N+](=O)[O-])cc3)o2)C1=O.[CH2-]OC(=O)CO.[Y]. The van der Waals surface area contributed by atoms with Crippen LogP contribution >= 0.6 is 0 Å². The Balaban J connectivity index is 0.000000780. The van der Waals surface area contributed by atoms with Crippen LogP contribution in [-0.2, 0) is 56.6 Å². The summed E-state index contributed by atoms with van der Waals surface area (Å²) >= 11 is 0. The van der Waals surface area contributed by atoms with Crippen LogP contribution < -0.4 is 0 Å². The van der Waals surface area contributed by atoms with Gasteiger partial charge in [0.15, 0.2) is 12.7 Å². The number of aliphatic hydroxyl groups is 1. The first-order chi connectivity index (χ1) is 16.2. The number of aliphatic hydroxyl groups excluding tert-OH is 1. The van der Waals surface area contributed by atoms with E-state index >= 15 is 0 Å². The van der Waals surface area contributed by atoms with Gasteiger partial charge in [0.25, 0.3) is 17.6 Å². The number of carbonyl (C=O) groups is 4. The molecule has 1 aromatic heterocycles. The molecule has 183 valence electrons. The number of urea groups is 1. The number of nitro groups is 1. The minimum absolute atomic E-state index is 0. The fraction of sp³-hybridized carbons (Fsp3) is 0.150. The molecule has 1 aromatic carbocycles. The molecule has 1 fully saturated rings. The van der Waals surface area contributed by atoms with Crippen LogP contribution in [0.2, 0.25) is 0 Å². The maximum Gasteiger partial charge on any atom is 0.350 e. The number of hydrogen-bond donors (Lipinski definition) is 1. The number of hydrazone groups is 1. The third-order valence-corrected chi connectivity index (χ3v) is 4.00. The number of carbonyl (C=O) groups excluding carboxylic acids is 4. The summed E-state index contributed by atoms with van der Waals surface area (Å²) in [6.07, 6.45) is 1.25. The summed E-state index contributed by atoms with van der Waals surface area (Å²) in [7, 11) is 2.75. The van der Waals surface area contributed by atoms with Gasteiger partial charge in [-0.05, 0) is 24.3 Å². The normalized spacial score (nSPS) is 12.6. The molecular formula is C20H18N4O10Y-2. The van der Waals surface area contributed by atoms with Crippen LogP contribution in [-0.4, -0.2) is 69.9 Å². The van der Waals surface area contributed by atoms with E-state index in [2.05, 4.69) is 28.6 Å². The van der Waals surface area contributed by atoms with E-state index in [-0.39, 0.29) is 44.9 Å². The van der Waals surface area contributed by atoms with Crippen LogP contribution in [0.3, 0.4) is 0 Å². The van der Waals surface area contributed by atoms with Crippen molar-refractivity contribution in [2.24, 2.45) is 5.10 Å². The van der Waals surface area contributed by atoms with Crippen molar-refractivity contribution in [3.63, 3.8) is 0 Å². The van der Waals surface area contributed by atoms with Gasteiger partial charge in [-0.25, -0.2) is 14.7 Å². The van der Waals surface area contributed by atoms with Crippen LogP contribution in [0.25, 0.3) is 11.3 Å². The molecule has 2 aromatic rings. The molecule has 1 N–H and O–H groups in total. The molecule has 3 rings (SSSR count). The van der Waals surface area contributed by atoms with E-state index in [4.69, 9.17) is 9.52 Å². The molecule has 1 saturated heterocycles. The molecular weight excluding hydrogens is 545 g/mol. The second-order valence-electron chi connectivity index (χ2n) is 6.23. The number of esters is 2. The number of furan rings is 1. The standard InChI is InChI=1S/C17H13N4O7.C3H5O3.Y/c1-11(22)27-10-19-16(23)9-20(17(19)24)18-8-14-6-7-15(28-14)12-2-4-13(5-3-12)21(25)26;1-6-3(5)2-4;/h2-8H,1,9-10H2;4H,1-2H2;/q2*-1;/b18-8+;;. The van der Waals surface area contributed by atoms with Crippen molar-refractivity contribution < 1.29 is 75.8 Å². The van der Waals surface area contributed by atoms with E-state index in [0.717, 1.165) is 9.91 Å². The molecule has 1 aliphatic rings. The van der Waals surface area contributed by atoms with Crippen LogP contribution in [0.1, 0.15) is 5.76 Å². The summed E-state index contributed by atoms with van der Waals surface area (Å²) in [4.78, 5) is 55.1. The number of ether oxygens (including phenoxy) is 2. The molecule has 14 nitrogen and oxygen atoms in total. The van der Waals surface area contributed by atoms with Crippen molar-refractivity contribution >= 4 is 35.8 Å². The number of hydrogen-bond acceptors (Lipinski definition) is 11. The molecule has 0 spiro atoms. The molecule has 35 heavy (non-hydrogen) atoms. The summed E-state index contributed by atoms with van der Waals surface area (Å²) in [6.45, 7) is 1.56.